The Labute approximate surface area is 121 Å². The lowest BCUT2D eigenvalue weighted by atomic mass is 9.84. The molecule has 0 aliphatic carbocycles. The number of rotatable bonds is 8. The Morgan fingerprint density at radius 2 is 1.95 bits per heavy atom. The van der Waals surface area contributed by atoms with Crippen LogP contribution >= 0.6 is 0 Å². The normalized spacial score (nSPS) is 13.0. The van der Waals surface area contributed by atoms with Gasteiger partial charge in [0.25, 0.3) is 0 Å². The van der Waals surface area contributed by atoms with Crippen molar-refractivity contribution in [2.75, 3.05) is 13.1 Å². The first-order chi connectivity index (χ1) is 9.44. The molecule has 0 radical (unpaired) electrons. The summed E-state index contributed by atoms with van der Waals surface area (Å²) in [6, 6.07) is 9.34. The Morgan fingerprint density at radius 3 is 2.55 bits per heavy atom. The van der Waals surface area contributed by atoms with Gasteiger partial charge in [-0.25, -0.2) is 0 Å². The van der Waals surface area contributed by atoms with Gasteiger partial charge in [-0.1, -0.05) is 44.2 Å². The molecule has 112 valence electrons. The van der Waals surface area contributed by atoms with E-state index in [2.05, 4.69) is 19.2 Å². The molecule has 20 heavy (non-hydrogen) atoms. The lowest BCUT2D eigenvalue weighted by molar-refractivity contribution is -0.122. The first kappa shape index (κ1) is 16.7. The quantitative estimate of drug-likeness (QED) is 0.680. The molecule has 1 rings (SSSR count). The van der Waals surface area contributed by atoms with E-state index in [-0.39, 0.29) is 17.9 Å². The average Bonchev–Trinajstić information content (AvgIpc) is 2.43. The van der Waals surface area contributed by atoms with Gasteiger partial charge in [-0.2, -0.15) is 0 Å². The Kier molecular flexibility index (Phi) is 6.68. The number of aliphatic hydroxyl groups excluding tert-OH is 1. The Hall–Kier alpha value is -1.39. The minimum atomic E-state index is -0.655. The molecule has 4 heteroatoms. The number of nitrogens with one attached hydrogen (secondary N) is 1. The third-order valence-electron chi connectivity index (χ3n) is 3.53. The van der Waals surface area contributed by atoms with Gasteiger partial charge in [-0.3, -0.25) is 4.79 Å². The van der Waals surface area contributed by atoms with Crippen LogP contribution in [0.3, 0.4) is 0 Å². The number of aliphatic hydroxyl groups is 1. The van der Waals surface area contributed by atoms with Crippen molar-refractivity contribution in [3.63, 3.8) is 0 Å². The summed E-state index contributed by atoms with van der Waals surface area (Å²) in [7, 11) is 0. The van der Waals surface area contributed by atoms with Gasteiger partial charge >= 0.3 is 0 Å². The molecule has 0 aliphatic heterocycles. The van der Waals surface area contributed by atoms with Crippen molar-refractivity contribution in [2.24, 2.45) is 11.1 Å². The number of amides is 1. The smallest absolute Gasteiger partial charge is 0.220 e. The van der Waals surface area contributed by atoms with Crippen LogP contribution in [0.4, 0.5) is 0 Å². The van der Waals surface area contributed by atoms with Crippen molar-refractivity contribution in [3.8, 4) is 0 Å². The summed E-state index contributed by atoms with van der Waals surface area (Å²) in [4.78, 5) is 11.8. The number of carbonyl (C=O) groups is 1. The fraction of sp³-hybridized carbons (Fsp3) is 0.562. The Morgan fingerprint density at radius 1 is 1.30 bits per heavy atom. The molecular weight excluding hydrogens is 252 g/mol. The first-order valence-electron chi connectivity index (χ1n) is 7.14. The molecular formula is C16H26N2O2. The summed E-state index contributed by atoms with van der Waals surface area (Å²) in [5, 5.41) is 12.7. The number of benzene rings is 1. The molecule has 0 bridgehead atoms. The second-order valence-corrected chi connectivity index (χ2v) is 5.93. The third kappa shape index (κ3) is 6.17. The zero-order valence-electron chi connectivity index (χ0n) is 12.4. The molecule has 4 N–H and O–H groups in total. The van der Waals surface area contributed by atoms with Crippen molar-refractivity contribution in [1.29, 1.82) is 0 Å². The van der Waals surface area contributed by atoms with Gasteiger partial charge in [-0.15, -0.1) is 0 Å². The number of hydrogen-bond donors (Lipinski definition) is 3. The molecule has 1 unspecified atom stereocenters. The van der Waals surface area contributed by atoms with E-state index in [4.69, 9.17) is 5.73 Å². The lowest BCUT2D eigenvalue weighted by Gasteiger charge is -2.23. The fourth-order valence-electron chi connectivity index (χ4n) is 2.06. The van der Waals surface area contributed by atoms with Crippen LogP contribution in [-0.2, 0) is 4.79 Å². The highest BCUT2D eigenvalue weighted by atomic mass is 16.3. The second kappa shape index (κ2) is 8.02. The summed E-state index contributed by atoms with van der Waals surface area (Å²) < 4.78 is 0. The van der Waals surface area contributed by atoms with Gasteiger partial charge < -0.3 is 16.2 Å². The van der Waals surface area contributed by atoms with E-state index in [1.165, 1.54) is 0 Å². The van der Waals surface area contributed by atoms with Gasteiger partial charge in [0, 0.05) is 13.0 Å². The molecule has 0 heterocycles. The third-order valence-corrected chi connectivity index (χ3v) is 3.53. The second-order valence-electron chi connectivity index (χ2n) is 5.93. The van der Waals surface area contributed by atoms with E-state index in [1.807, 2.05) is 30.3 Å². The SMILES string of the molecule is CC(C)(CCN)CCC(=O)NCC(O)c1ccccc1. The number of nitrogens with two attached hydrogens (primary N) is 1. The summed E-state index contributed by atoms with van der Waals surface area (Å²) >= 11 is 0. The van der Waals surface area contributed by atoms with E-state index in [0.717, 1.165) is 18.4 Å². The highest BCUT2D eigenvalue weighted by Gasteiger charge is 2.18. The molecule has 1 aromatic rings. The highest BCUT2D eigenvalue weighted by molar-refractivity contribution is 5.75. The fourth-order valence-corrected chi connectivity index (χ4v) is 2.06. The van der Waals surface area contributed by atoms with Crippen LogP contribution in [0.5, 0.6) is 0 Å². The maximum absolute atomic E-state index is 11.8. The average molecular weight is 278 g/mol. The highest BCUT2D eigenvalue weighted by Crippen LogP contribution is 2.25. The summed E-state index contributed by atoms with van der Waals surface area (Å²) in [6.07, 6.45) is 1.52. The zero-order chi connectivity index (χ0) is 15.0. The van der Waals surface area contributed by atoms with Gasteiger partial charge in [0.05, 0.1) is 6.10 Å². The van der Waals surface area contributed by atoms with Gasteiger partial charge in [0.2, 0.25) is 5.91 Å². The summed E-state index contributed by atoms with van der Waals surface area (Å²) in [5.74, 6) is -0.0231. The molecule has 0 saturated heterocycles. The standard InChI is InChI=1S/C16H26N2O2/c1-16(2,10-11-17)9-8-15(20)18-12-14(19)13-6-4-3-5-7-13/h3-7,14,19H,8-12,17H2,1-2H3,(H,18,20). The Bertz CT molecular complexity index is 404. The van der Waals surface area contributed by atoms with Crippen LogP contribution in [-0.4, -0.2) is 24.1 Å². The molecule has 1 amide bonds. The van der Waals surface area contributed by atoms with Crippen LogP contribution in [0, 0.1) is 5.41 Å². The monoisotopic (exact) mass is 278 g/mol. The first-order valence-corrected chi connectivity index (χ1v) is 7.14. The Balaban J connectivity index is 2.30. The van der Waals surface area contributed by atoms with Crippen LogP contribution < -0.4 is 11.1 Å². The molecule has 1 aromatic carbocycles. The minimum absolute atomic E-state index is 0.0231. The molecule has 0 aromatic heterocycles. The zero-order valence-corrected chi connectivity index (χ0v) is 12.4. The maximum atomic E-state index is 11.8. The minimum Gasteiger partial charge on any atom is -0.387 e. The molecule has 0 saturated carbocycles. The topological polar surface area (TPSA) is 75.4 Å². The van der Waals surface area contributed by atoms with Crippen molar-refractivity contribution < 1.29 is 9.90 Å². The maximum Gasteiger partial charge on any atom is 0.220 e. The van der Waals surface area contributed by atoms with Crippen LogP contribution in [0.1, 0.15) is 44.8 Å². The predicted molar refractivity (Wildman–Crippen MR) is 81.1 cm³/mol. The molecule has 1 atom stereocenters. The largest absolute Gasteiger partial charge is 0.387 e. The van der Waals surface area contributed by atoms with Gasteiger partial charge in [0.15, 0.2) is 0 Å². The van der Waals surface area contributed by atoms with Crippen molar-refractivity contribution in [1.82, 2.24) is 5.32 Å². The van der Waals surface area contributed by atoms with Crippen molar-refractivity contribution in [2.45, 2.75) is 39.2 Å². The van der Waals surface area contributed by atoms with Crippen molar-refractivity contribution >= 4 is 5.91 Å². The van der Waals surface area contributed by atoms with Gasteiger partial charge in [0.1, 0.15) is 0 Å². The van der Waals surface area contributed by atoms with E-state index in [1.54, 1.807) is 0 Å². The van der Waals surface area contributed by atoms with Gasteiger partial charge in [-0.05, 0) is 30.4 Å². The lowest BCUT2D eigenvalue weighted by Crippen LogP contribution is -2.29. The number of hydrogen-bond acceptors (Lipinski definition) is 3. The number of carbonyl (C=O) groups excluding carboxylic acids is 1. The molecule has 0 fully saturated rings. The van der Waals surface area contributed by atoms with Crippen LogP contribution in [0.2, 0.25) is 0 Å². The predicted octanol–water partition coefficient (Wildman–Crippen LogP) is 1.99. The van der Waals surface area contributed by atoms with E-state index < -0.39 is 6.10 Å². The molecule has 0 spiro atoms. The molecule has 4 nitrogen and oxygen atoms in total. The summed E-state index contributed by atoms with van der Waals surface area (Å²) in [6.45, 7) is 5.12. The van der Waals surface area contributed by atoms with E-state index in [0.29, 0.717) is 13.0 Å². The van der Waals surface area contributed by atoms with Crippen LogP contribution in [0.15, 0.2) is 30.3 Å². The summed E-state index contributed by atoms with van der Waals surface area (Å²) in [5.41, 5.74) is 6.45. The van der Waals surface area contributed by atoms with Crippen LogP contribution in [0.25, 0.3) is 0 Å². The van der Waals surface area contributed by atoms with E-state index >= 15 is 0 Å². The van der Waals surface area contributed by atoms with Crippen molar-refractivity contribution in [3.05, 3.63) is 35.9 Å². The molecule has 0 aliphatic rings. The van der Waals surface area contributed by atoms with E-state index in [9.17, 15) is 9.90 Å².